The van der Waals surface area contributed by atoms with Crippen LogP contribution in [0, 0.1) is 12.8 Å². The number of aromatic nitrogens is 3. The van der Waals surface area contributed by atoms with Crippen molar-refractivity contribution in [3.63, 3.8) is 0 Å². The summed E-state index contributed by atoms with van der Waals surface area (Å²) in [6, 6.07) is 16.4. The lowest BCUT2D eigenvalue weighted by Crippen LogP contribution is -2.36. The number of alkyl halides is 4. The summed E-state index contributed by atoms with van der Waals surface area (Å²) in [6.07, 6.45) is 0. The number of hydrogen-bond acceptors (Lipinski definition) is 7. The van der Waals surface area contributed by atoms with Gasteiger partial charge in [-0.05, 0) is 61.9 Å². The summed E-state index contributed by atoms with van der Waals surface area (Å²) in [5.74, 6) is -4.87. The van der Waals surface area contributed by atoms with E-state index in [1.807, 2.05) is 12.1 Å². The maximum atomic E-state index is 13.8. The minimum Gasteiger partial charge on any atom is -0.497 e. The Hall–Kier alpha value is -5.27. The minimum absolute atomic E-state index is 0.0837. The second-order valence-corrected chi connectivity index (χ2v) is 10.3. The Morgan fingerprint density at radius 1 is 1.04 bits per heavy atom. The Kier molecular flexibility index (Phi) is 8.57. The second-order valence-electron chi connectivity index (χ2n) is 10.3. The molecule has 1 atom stereocenters. The first-order valence-electron chi connectivity index (χ1n) is 13.7. The summed E-state index contributed by atoms with van der Waals surface area (Å²) >= 11 is 0. The van der Waals surface area contributed by atoms with Gasteiger partial charge in [-0.1, -0.05) is 24.3 Å². The van der Waals surface area contributed by atoms with Crippen molar-refractivity contribution < 1.29 is 36.6 Å². The highest BCUT2D eigenvalue weighted by Crippen LogP contribution is 2.37. The van der Waals surface area contributed by atoms with Crippen LogP contribution in [0.2, 0.25) is 0 Å². The molecule has 2 heterocycles. The quantitative estimate of drug-likeness (QED) is 0.171. The number of anilines is 2. The lowest BCUT2D eigenvalue weighted by molar-refractivity contribution is -0.127. The van der Waals surface area contributed by atoms with Crippen LogP contribution >= 0.6 is 0 Å². The van der Waals surface area contributed by atoms with Crippen LogP contribution in [0.5, 0.6) is 11.5 Å². The SMILES string of the molecule is COc1ccc(Cn2c(C)nnc2-c2cc(N3N=C(C)C(C(=O)Nc4cccc(C(C)(F)F)c4)C3=O)ccc2OC(F)F)cc1. The number of carbonyl (C=O) groups excluding carboxylic acids is 2. The van der Waals surface area contributed by atoms with Gasteiger partial charge >= 0.3 is 6.61 Å². The van der Waals surface area contributed by atoms with Crippen molar-refractivity contribution in [3.05, 3.63) is 83.7 Å². The van der Waals surface area contributed by atoms with E-state index in [0.717, 1.165) is 23.6 Å². The summed E-state index contributed by atoms with van der Waals surface area (Å²) in [6.45, 7) is 1.04. The predicted molar refractivity (Wildman–Crippen MR) is 158 cm³/mol. The summed E-state index contributed by atoms with van der Waals surface area (Å²) in [4.78, 5) is 26.6. The average molecular weight is 625 g/mol. The Morgan fingerprint density at radius 2 is 1.78 bits per heavy atom. The van der Waals surface area contributed by atoms with Crippen molar-refractivity contribution in [2.75, 3.05) is 17.4 Å². The first kappa shape index (κ1) is 31.2. The molecule has 0 bridgehead atoms. The highest BCUT2D eigenvalue weighted by Gasteiger charge is 2.40. The van der Waals surface area contributed by atoms with Crippen molar-refractivity contribution >= 4 is 28.9 Å². The maximum absolute atomic E-state index is 13.8. The van der Waals surface area contributed by atoms with Gasteiger partial charge in [0.15, 0.2) is 11.7 Å². The molecular formula is C31H28F4N6O4. The van der Waals surface area contributed by atoms with Crippen LogP contribution < -0.4 is 19.8 Å². The number of hydrazone groups is 1. The van der Waals surface area contributed by atoms with Crippen LogP contribution in [0.15, 0.2) is 71.8 Å². The Labute approximate surface area is 255 Å². The fourth-order valence-electron chi connectivity index (χ4n) is 4.84. The van der Waals surface area contributed by atoms with E-state index in [4.69, 9.17) is 9.47 Å². The van der Waals surface area contributed by atoms with Crippen LogP contribution in [0.3, 0.4) is 0 Å². The Morgan fingerprint density at radius 3 is 2.44 bits per heavy atom. The molecule has 0 aliphatic carbocycles. The van der Waals surface area contributed by atoms with E-state index >= 15 is 0 Å². The molecule has 5 rings (SSSR count). The summed E-state index contributed by atoms with van der Waals surface area (Å²) < 4.78 is 66.1. The van der Waals surface area contributed by atoms with E-state index in [0.29, 0.717) is 11.6 Å². The Balaban J connectivity index is 1.45. The molecule has 0 saturated heterocycles. The Bertz CT molecular complexity index is 1770. The highest BCUT2D eigenvalue weighted by atomic mass is 19.3. The van der Waals surface area contributed by atoms with Gasteiger partial charge < -0.3 is 19.4 Å². The van der Waals surface area contributed by atoms with E-state index < -0.39 is 30.3 Å². The molecule has 10 nitrogen and oxygen atoms in total. The number of aryl methyl sites for hydroxylation is 1. The molecule has 1 N–H and O–H groups in total. The summed E-state index contributed by atoms with van der Waals surface area (Å²) in [5.41, 5.74) is 1.02. The predicted octanol–water partition coefficient (Wildman–Crippen LogP) is 6.00. The van der Waals surface area contributed by atoms with Crippen molar-refractivity contribution in [1.29, 1.82) is 0 Å². The third-order valence-electron chi connectivity index (χ3n) is 7.13. The number of nitrogens with zero attached hydrogens (tertiary/aromatic N) is 5. The van der Waals surface area contributed by atoms with Crippen LogP contribution in [0.4, 0.5) is 28.9 Å². The van der Waals surface area contributed by atoms with Gasteiger partial charge in [-0.2, -0.15) is 18.9 Å². The van der Waals surface area contributed by atoms with E-state index in [1.165, 1.54) is 43.3 Å². The van der Waals surface area contributed by atoms with Crippen molar-refractivity contribution in [1.82, 2.24) is 14.8 Å². The number of carbonyl (C=O) groups is 2. The molecule has 4 aromatic rings. The van der Waals surface area contributed by atoms with Crippen molar-refractivity contribution in [3.8, 4) is 22.9 Å². The smallest absolute Gasteiger partial charge is 0.387 e. The molecule has 45 heavy (non-hydrogen) atoms. The fourth-order valence-corrected chi connectivity index (χ4v) is 4.84. The zero-order chi connectivity index (χ0) is 32.5. The minimum atomic E-state index is -3.15. The summed E-state index contributed by atoms with van der Waals surface area (Å²) in [7, 11) is 1.55. The number of methoxy groups -OCH3 is 1. The van der Waals surface area contributed by atoms with Gasteiger partial charge in [0.05, 0.1) is 30.6 Å². The number of ether oxygens (including phenoxy) is 2. The monoisotopic (exact) mass is 624 g/mol. The molecule has 3 aromatic carbocycles. The number of benzene rings is 3. The van der Waals surface area contributed by atoms with Crippen molar-refractivity contribution in [2.45, 2.75) is 39.9 Å². The molecule has 0 fully saturated rings. The number of halogens is 4. The van der Waals surface area contributed by atoms with Crippen molar-refractivity contribution in [2.24, 2.45) is 11.0 Å². The molecule has 234 valence electrons. The molecular weight excluding hydrogens is 596 g/mol. The topological polar surface area (TPSA) is 111 Å². The summed E-state index contributed by atoms with van der Waals surface area (Å²) in [5, 5.41) is 16.1. The first-order chi connectivity index (χ1) is 21.3. The maximum Gasteiger partial charge on any atom is 0.387 e. The highest BCUT2D eigenvalue weighted by molar-refractivity contribution is 6.28. The lowest BCUT2D eigenvalue weighted by atomic mass is 10.0. The van der Waals surface area contributed by atoms with Gasteiger partial charge in [0, 0.05) is 18.2 Å². The normalized spacial score (nSPS) is 15.0. The standard InChI is InChI=1S/C31H28F4N6O4/c1-17-26(28(42)36-21-7-5-6-20(14-21)31(3,34)35)29(43)41(39-17)22-10-13-25(45-30(32)33)24(15-22)27-38-37-18(2)40(27)16-19-8-11-23(44-4)12-9-19/h5-15,26,30H,16H2,1-4H3,(H,36,42). The molecule has 0 radical (unpaired) electrons. The van der Waals surface area contributed by atoms with Gasteiger partial charge in [0.2, 0.25) is 5.91 Å². The van der Waals surface area contributed by atoms with E-state index in [2.05, 4.69) is 20.6 Å². The molecule has 1 aliphatic rings. The molecule has 2 amide bonds. The van der Waals surface area contributed by atoms with E-state index in [1.54, 1.807) is 30.7 Å². The average Bonchev–Trinajstić information content (AvgIpc) is 3.50. The molecule has 1 aromatic heterocycles. The zero-order valence-electron chi connectivity index (χ0n) is 24.6. The zero-order valence-corrected chi connectivity index (χ0v) is 24.6. The molecule has 1 unspecified atom stereocenters. The van der Waals surface area contributed by atoms with E-state index in [9.17, 15) is 27.2 Å². The van der Waals surface area contributed by atoms with Gasteiger partial charge in [0.1, 0.15) is 17.3 Å². The van der Waals surface area contributed by atoms with Gasteiger partial charge in [-0.15, -0.1) is 10.2 Å². The third kappa shape index (κ3) is 6.64. The fraction of sp³-hybridized carbons (Fsp3) is 0.258. The second kappa shape index (κ2) is 12.4. The number of hydrogen-bond donors (Lipinski definition) is 1. The van der Waals surface area contributed by atoms with E-state index in [-0.39, 0.29) is 46.3 Å². The van der Waals surface area contributed by atoms with Crippen LogP contribution in [-0.2, 0) is 22.1 Å². The largest absolute Gasteiger partial charge is 0.497 e. The molecule has 0 saturated carbocycles. The number of rotatable bonds is 10. The number of nitrogens with one attached hydrogen (secondary N) is 1. The number of amides is 2. The van der Waals surface area contributed by atoms with Gasteiger partial charge in [-0.3, -0.25) is 9.59 Å². The lowest BCUT2D eigenvalue weighted by Gasteiger charge is -2.18. The van der Waals surface area contributed by atoms with Crippen LogP contribution in [0.25, 0.3) is 11.4 Å². The molecule has 14 heteroatoms. The van der Waals surface area contributed by atoms with Gasteiger partial charge in [0.25, 0.3) is 11.8 Å². The molecule has 1 aliphatic heterocycles. The van der Waals surface area contributed by atoms with Crippen LogP contribution in [-0.4, -0.2) is 46.0 Å². The third-order valence-corrected chi connectivity index (χ3v) is 7.13. The van der Waals surface area contributed by atoms with Crippen LogP contribution in [0.1, 0.15) is 30.8 Å². The first-order valence-corrected chi connectivity index (χ1v) is 13.7. The van der Waals surface area contributed by atoms with Gasteiger partial charge in [-0.25, -0.2) is 8.78 Å². The molecule has 0 spiro atoms.